The molecule has 2 heterocycles. The van der Waals surface area contributed by atoms with Crippen LogP contribution in [0.3, 0.4) is 0 Å². The number of nitrogens with one attached hydrogen (secondary N) is 1. The minimum absolute atomic E-state index is 0.0716. The van der Waals surface area contributed by atoms with Crippen molar-refractivity contribution in [3.63, 3.8) is 0 Å². The molecule has 0 bridgehead atoms. The number of ether oxygens (including phenoxy) is 1. The monoisotopic (exact) mass is 509 g/mol. The average Bonchev–Trinajstić information content (AvgIpc) is 3.22. The van der Waals surface area contributed by atoms with E-state index in [0.717, 1.165) is 16.4 Å². The molecule has 1 N–H and O–H groups in total. The summed E-state index contributed by atoms with van der Waals surface area (Å²) in [4.78, 5) is 28.7. The maximum atomic E-state index is 13.5. The Kier molecular flexibility index (Phi) is 6.91. The van der Waals surface area contributed by atoms with Crippen molar-refractivity contribution in [1.82, 2.24) is 9.29 Å². The number of nitrogens with zero attached hydrogens (tertiary/aromatic N) is 2. The lowest BCUT2D eigenvalue weighted by Gasteiger charge is -2.30. The fourth-order valence-electron chi connectivity index (χ4n) is 3.67. The Morgan fingerprint density at radius 3 is 2.56 bits per heavy atom. The summed E-state index contributed by atoms with van der Waals surface area (Å²) < 4.78 is 59.0. The minimum atomic E-state index is -4.00. The van der Waals surface area contributed by atoms with Gasteiger partial charge < -0.3 is 10.1 Å². The third-order valence-corrected chi connectivity index (χ3v) is 8.31. The molecule has 0 aliphatic carbocycles. The summed E-state index contributed by atoms with van der Waals surface area (Å²) in [5, 5.41) is 3.14. The Morgan fingerprint density at radius 1 is 1.15 bits per heavy atom. The lowest BCUT2D eigenvalue weighted by atomic mass is 9.97. The van der Waals surface area contributed by atoms with Crippen molar-refractivity contribution in [1.29, 1.82) is 0 Å². The quantitative estimate of drug-likeness (QED) is 0.507. The minimum Gasteiger partial charge on any atom is -0.462 e. The van der Waals surface area contributed by atoms with Gasteiger partial charge in [0.25, 0.3) is 0 Å². The average molecular weight is 510 g/mol. The van der Waals surface area contributed by atoms with Crippen molar-refractivity contribution in [3.8, 4) is 0 Å². The summed E-state index contributed by atoms with van der Waals surface area (Å²) in [7, 11) is -4.00. The molecule has 1 fully saturated rings. The predicted octanol–water partition coefficient (Wildman–Crippen LogP) is 3.79. The van der Waals surface area contributed by atoms with Crippen LogP contribution in [-0.4, -0.2) is 49.3 Å². The van der Waals surface area contributed by atoms with Crippen LogP contribution < -0.4 is 5.32 Å². The maximum Gasteiger partial charge on any atom is 0.338 e. The highest BCUT2D eigenvalue weighted by Gasteiger charge is 2.33. The largest absolute Gasteiger partial charge is 0.462 e. The lowest BCUT2D eigenvalue weighted by molar-refractivity contribution is -0.120. The van der Waals surface area contributed by atoms with E-state index in [9.17, 15) is 26.8 Å². The fraction of sp³-hybridized carbons (Fsp3) is 0.318. The molecular formula is C22H21F2N3O5S2. The maximum absolute atomic E-state index is 13.5. The zero-order valence-corrected chi connectivity index (χ0v) is 19.7. The number of fused-ring (bicyclic) bond motifs is 1. The zero-order valence-electron chi connectivity index (χ0n) is 18.1. The normalized spacial score (nSPS) is 15.4. The number of rotatable bonds is 6. The first-order valence-corrected chi connectivity index (χ1v) is 12.8. The number of esters is 1. The summed E-state index contributed by atoms with van der Waals surface area (Å²) in [5.41, 5.74) is 1.02. The van der Waals surface area contributed by atoms with Crippen molar-refractivity contribution < 1.29 is 31.5 Å². The smallest absolute Gasteiger partial charge is 0.338 e. The molecule has 34 heavy (non-hydrogen) atoms. The van der Waals surface area contributed by atoms with E-state index >= 15 is 0 Å². The van der Waals surface area contributed by atoms with E-state index in [0.29, 0.717) is 27.0 Å². The molecule has 1 aliphatic heterocycles. The van der Waals surface area contributed by atoms with Crippen LogP contribution in [0.2, 0.25) is 0 Å². The van der Waals surface area contributed by atoms with Gasteiger partial charge in [0.2, 0.25) is 15.9 Å². The van der Waals surface area contributed by atoms with Crippen molar-refractivity contribution in [2.75, 3.05) is 25.0 Å². The van der Waals surface area contributed by atoms with Gasteiger partial charge in [-0.05, 0) is 56.2 Å². The molecule has 1 saturated heterocycles. The molecule has 1 amide bonds. The number of halogens is 2. The standard InChI is InChI=1S/C22H21F2N3O5S2/c1-2-32-21(29)14-3-6-18-19(11-14)33-22(25-18)26-20(28)13-7-9-27(10-8-13)34(30,31)15-4-5-16(23)17(24)12-15/h3-6,11-13H,2,7-10H2,1H3,(H,25,26,28). The second kappa shape index (κ2) is 9.72. The molecule has 8 nitrogen and oxygen atoms in total. The van der Waals surface area contributed by atoms with E-state index in [1.54, 1.807) is 25.1 Å². The van der Waals surface area contributed by atoms with Crippen LogP contribution in [0.5, 0.6) is 0 Å². The van der Waals surface area contributed by atoms with Crippen LogP contribution in [-0.2, 0) is 19.6 Å². The molecule has 180 valence electrons. The van der Waals surface area contributed by atoms with E-state index in [-0.39, 0.29) is 43.3 Å². The molecule has 0 saturated carbocycles. The van der Waals surface area contributed by atoms with Gasteiger partial charge in [-0.2, -0.15) is 4.31 Å². The predicted molar refractivity (Wildman–Crippen MR) is 122 cm³/mol. The number of thiazole rings is 1. The Balaban J connectivity index is 1.39. The highest BCUT2D eigenvalue weighted by atomic mass is 32.2. The molecule has 0 atom stereocenters. The van der Waals surface area contributed by atoms with Crippen LogP contribution in [0.15, 0.2) is 41.3 Å². The summed E-state index contributed by atoms with van der Waals surface area (Å²) in [5.74, 6) is -3.51. The number of amides is 1. The summed E-state index contributed by atoms with van der Waals surface area (Å²) >= 11 is 1.22. The van der Waals surface area contributed by atoms with Gasteiger partial charge in [-0.25, -0.2) is 27.0 Å². The van der Waals surface area contributed by atoms with Crippen LogP contribution in [0.1, 0.15) is 30.1 Å². The topological polar surface area (TPSA) is 106 Å². The van der Waals surface area contributed by atoms with Gasteiger partial charge in [-0.1, -0.05) is 11.3 Å². The van der Waals surface area contributed by atoms with Gasteiger partial charge in [0.05, 0.1) is 27.3 Å². The van der Waals surface area contributed by atoms with E-state index in [1.165, 1.54) is 11.3 Å². The molecule has 3 aromatic rings. The third kappa shape index (κ3) is 4.93. The first kappa shape index (κ1) is 24.2. The summed E-state index contributed by atoms with van der Waals surface area (Å²) in [6.45, 7) is 2.13. The number of carbonyl (C=O) groups is 2. The Bertz CT molecular complexity index is 1350. The van der Waals surface area contributed by atoms with Crippen molar-refractivity contribution >= 4 is 48.6 Å². The molecule has 1 aromatic heterocycles. The number of piperidine rings is 1. The molecule has 4 rings (SSSR count). The molecule has 12 heteroatoms. The van der Waals surface area contributed by atoms with Crippen LogP contribution >= 0.6 is 11.3 Å². The fourth-order valence-corrected chi connectivity index (χ4v) is 6.06. The van der Waals surface area contributed by atoms with Gasteiger partial charge in [0, 0.05) is 19.0 Å². The van der Waals surface area contributed by atoms with Crippen LogP contribution in [0.4, 0.5) is 13.9 Å². The van der Waals surface area contributed by atoms with Gasteiger partial charge in [-0.15, -0.1) is 0 Å². The van der Waals surface area contributed by atoms with Crippen molar-refractivity contribution in [2.24, 2.45) is 5.92 Å². The van der Waals surface area contributed by atoms with E-state index in [2.05, 4.69) is 10.3 Å². The molecule has 0 radical (unpaired) electrons. The first-order valence-electron chi connectivity index (χ1n) is 10.5. The Morgan fingerprint density at radius 2 is 1.88 bits per heavy atom. The van der Waals surface area contributed by atoms with E-state index in [1.807, 2.05) is 0 Å². The van der Waals surface area contributed by atoms with Gasteiger partial charge in [0.15, 0.2) is 16.8 Å². The third-order valence-electron chi connectivity index (χ3n) is 5.48. The van der Waals surface area contributed by atoms with Crippen LogP contribution in [0.25, 0.3) is 10.2 Å². The van der Waals surface area contributed by atoms with E-state index in [4.69, 9.17) is 4.74 Å². The molecular weight excluding hydrogens is 488 g/mol. The lowest BCUT2D eigenvalue weighted by Crippen LogP contribution is -2.41. The zero-order chi connectivity index (χ0) is 24.5. The second-order valence-corrected chi connectivity index (χ2v) is 10.6. The Labute approximate surface area is 198 Å². The van der Waals surface area contributed by atoms with Gasteiger partial charge >= 0.3 is 5.97 Å². The van der Waals surface area contributed by atoms with E-state index < -0.39 is 33.5 Å². The van der Waals surface area contributed by atoms with Crippen molar-refractivity contribution in [3.05, 3.63) is 53.6 Å². The number of hydrogen-bond donors (Lipinski definition) is 1. The highest BCUT2D eigenvalue weighted by Crippen LogP contribution is 2.29. The number of hydrogen-bond acceptors (Lipinski definition) is 7. The number of benzene rings is 2. The molecule has 0 spiro atoms. The molecule has 1 aliphatic rings. The highest BCUT2D eigenvalue weighted by molar-refractivity contribution is 7.89. The molecule has 0 unspecified atom stereocenters. The number of aromatic nitrogens is 1. The summed E-state index contributed by atoms with van der Waals surface area (Å²) in [6, 6.07) is 7.39. The number of anilines is 1. The molecule has 2 aromatic carbocycles. The van der Waals surface area contributed by atoms with Gasteiger partial charge in [-0.3, -0.25) is 4.79 Å². The Hall–Kier alpha value is -2.96. The first-order chi connectivity index (χ1) is 16.2. The summed E-state index contributed by atoms with van der Waals surface area (Å²) in [6.07, 6.45) is 0.541. The van der Waals surface area contributed by atoms with Crippen molar-refractivity contribution in [2.45, 2.75) is 24.7 Å². The second-order valence-electron chi connectivity index (χ2n) is 7.67. The van der Waals surface area contributed by atoms with Gasteiger partial charge in [0.1, 0.15) is 0 Å². The number of sulfonamides is 1. The van der Waals surface area contributed by atoms with Crippen LogP contribution in [0, 0.1) is 17.6 Å². The number of carbonyl (C=O) groups excluding carboxylic acids is 2. The SMILES string of the molecule is CCOC(=O)c1ccc2nc(NC(=O)C3CCN(S(=O)(=O)c4ccc(F)c(F)c4)CC3)sc2c1.